The molecule has 1 N–H and O–H groups in total. The molecule has 0 radical (unpaired) electrons. The van der Waals surface area contributed by atoms with Crippen molar-refractivity contribution in [1.29, 1.82) is 5.26 Å². The number of benzene rings is 1. The summed E-state index contributed by atoms with van der Waals surface area (Å²) in [7, 11) is 0. The van der Waals surface area contributed by atoms with Gasteiger partial charge in [-0.2, -0.15) is 5.26 Å². The van der Waals surface area contributed by atoms with E-state index in [1.165, 1.54) is 34.9 Å². The minimum atomic E-state index is -0.186. The van der Waals surface area contributed by atoms with Crippen molar-refractivity contribution in [3.8, 4) is 6.07 Å². The van der Waals surface area contributed by atoms with Crippen molar-refractivity contribution in [3.63, 3.8) is 0 Å². The second kappa shape index (κ2) is 9.61. The Morgan fingerprint density at radius 3 is 2.63 bits per heavy atom. The van der Waals surface area contributed by atoms with Crippen LogP contribution in [0, 0.1) is 41.4 Å². The summed E-state index contributed by atoms with van der Waals surface area (Å²) >= 11 is 4.82. The fourth-order valence-corrected chi connectivity index (χ4v) is 9.85. The van der Waals surface area contributed by atoms with Gasteiger partial charge < -0.3 is 5.11 Å². The third-order valence-electron chi connectivity index (χ3n) is 10.5. The number of fused-ring (bicyclic) bond motifs is 7. The first kappa shape index (κ1) is 26.3. The van der Waals surface area contributed by atoms with E-state index in [0.717, 1.165) is 48.7 Å². The van der Waals surface area contributed by atoms with Crippen molar-refractivity contribution in [3.05, 3.63) is 68.3 Å². The highest BCUT2D eigenvalue weighted by atomic mass is 79.9. The number of aryl methyl sites for hydroxylation is 1. The summed E-state index contributed by atoms with van der Waals surface area (Å²) in [5, 5.41) is 21.4. The van der Waals surface area contributed by atoms with E-state index in [2.05, 4.69) is 48.8 Å². The first-order chi connectivity index (χ1) is 18.2. The quantitative estimate of drug-likeness (QED) is 0.229. The molecule has 0 aliphatic heterocycles. The Morgan fingerprint density at radius 2 is 1.89 bits per heavy atom. The molecule has 6 atom stereocenters. The first-order valence-electron chi connectivity index (χ1n) is 13.9. The van der Waals surface area contributed by atoms with Crippen molar-refractivity contribution < 1.29 is 9.90 Å². The van der Waals surface area contributed by atoms with Crippen LogP contribution in [0.5, 0.6) is 0 Å². The number of aliphatic hydroxyl groups excluding tert-OH is 1. The van der Waals surface area contributed by atoms with Crippen LogP contribution in [-0.2, 0) is 11.8 Å². The topological polar surface area (TPSA) is 74.0 Å². The number of thioether (sulfide) groups is 1. The van der Waals surface area contributed by atoms with Crippen LogP contribution in [0.1, 0.15) is 85.1 Å². The third kappa shape index (κ3) is 4.03. The summed E-state index contributed by atoms with van der Waals surface area (Å²) < 4.78 is 0.946. The molecule has 4 aliphatic rings. The van der Waals surface area contributed by atoms with Crippen molar-refractivity contribution in [1.82, 2.24) is 4.98 Å². The second-order valence-corrected chi connectivity index (χ2v) is 14.3. The number of nitrogens with zero attached hydrogens (tertiary/aromatic N) is 2. The van der Waals surface area contributed by atoms with E-state index in [4.69, 9.17) is 4.98 Å². The maximum Gasteiger partial charge on any atom is 0.173 e. The van der Waals surface area contributed by atoms with E-state index in [1.807, 2.05) is 24.3 Å². The number of halogens is 1. The highest BCUT2D eigenvalue weighted by Gasteiger charge is 2.58. The van der Waals surface area contributed by atoms with Crippen LogP contribution >= 0.6 is 27.7 Å². The molecule has 4 nitrogen and oxygen atoms in total. The van der Waals surface area contributed by atoms with Gasteiger partial charge in [0.15, 0.2) is 5.78 Å². The molecule has 0 amide bonds. The predicted octanol–water partition coefficient (Wildman–Crippen LogP) is 7.34. The zero-order valence-corrected chi connectivity index (χ0v) is 24.8. The van der Waals surface area contributed by atoms with Gasteiger partial charge in [0.25, 0.3) is 0 Å². The molecule has 6 heteroatoms. The Bertz CT molecular complexity index is 1380. The third-order valence-corrected chi connectivity index (χ3v) is 12.0. The van der Waals surface area contributed by atoms with Crippen LogP contribution in [0.25, 0.3) is 0 Å². The Kier molecular flexibility index (Phi) is 6.65. The van der Waals surface area contributed by atoms with Crippen LogP contribution in [0.15, 0.2) is 45.4 Å². The molecular weight excluding hydrogens is 556 g/mol. The van der Waals surface area contributed by atoms with E-state index in [1.54, 1.807) is 0 Å². The Balaban J connectivity index is 1.31. The number of hydrogen-bond acceptors (Lipinski definition) is 5. The number of nitriles is 1. The van der Waals surface area contributed by atoms with Crippen molar-refractivity contribution in [2.24, 2.45) is 23.2 Å². The molecule has 1 aromatic heterocycles. The van der Waals surface area contributed by atoms with Crippen LogP contribution in [0.3, 0.4) is 0 Å². The molecule has 2 fully saturated rings. The van der Waals surface area contributed by atoms with Gasteiger partial charge in [-0.25, -0.2) is 4.98 Å². The molecule has 1 aromatic carbocycles. The highest BCUT2D eigenvalue weighted by molar-refractivity contribution is 9.10. The number of carbonyl (C=O) groups excluding carboxylic acids is 1. The number of pyridine rings is 1. The number of Topliss-reactive ketones (excluding diaryl/α,β-unsaturated/α-hetero) is 1. The van der Waals surface area contributed by atoms with Crippen LogP contribution in [0.4, 0.5) is 0 Å². The van der Waals surface area contributed by atoms with E-state index >= 15 is 0 Å². The summed E-state index contributed by atoms with van der Waals surface area (Å²) in [4.78, 5) is 17.8. The van der Waals surface area contributed by atoms with Gasteiger partial charge in [-0.1, -0.05) is 65.3 Å². The number of carbonyl (C=O) groups is 1. The molecule has 38 heavy (non-hydrogen) atoms. The average Bonchev–Trinajstić information content (AvgIpc) is 3.22. The van der Waals surface area contributed by atoms with Gasteiger partial charge >= 0.3 is 0 Å². The highest BCUT2D eigenvalue weighted by Crippen LogP contribution is 2.64. The summed E-state index contributed by atoms with van der Waals surface area (Å²) in [6, 6.07) is 9.94. The molecular formula is C32H35BrN2O2S. The molecule has 198 valence electrons. The first-order valence-corrected chi connectivity index (χ1v) is 15.7. The van der Waals surface area contributed by atoms with E-state index in [0.29, 0.717) is 33.9 Å². The summed E-state index contributed by atoms with van der Waals surface area (Å²) in [6.07, 6.45) is 9.42. The predicted molar refractivity (Wildman–Crippen MR) is 154 cm³/mol. The molecule has 0 unspecified atom stereocenters. The molecule has 2 saturated carbocycles. The van der Waals surface area contributed by atoms with Crippen LogP contribution in [-0.4, -0.2) is 27.7 Å². The Morgan fingerprint density at radius 1 is 1.16 bits per heavy atom. The molecule has 0 spiro atoms. The zero-order chi connectivity index (χ0) is 26.8. The molecule has 0 bridgehead atoms. The lowest BCUT2D eigenvalue weighted by atomic mass is 9.47. The standard InChI is InChI=1S/C32H35BrN2O2S/c1-18-29-24(25(16-34)30(35-18)38-17-28(37)19-4-7-21(33)8-5-19)15-27-23-9-6-20-14-22(36)10-12-31(20,2)26(23)11-13-32(27,29)3/h4-8,22-23,26-27,36H,9-15,17H2,1-3H3/t22-,23+,26-,27+,31-,32-/m1/s1. The lowest BCUT2D eigenvalue weighted by molar-refractivity contribution is -0.0164. The van der Waals surface area contributed by atoms with Gasteiger partial charge in [-0.15, -0.1) is 0 Å². The van der Waals surface area contributed by atoms with Crippen molar-refractivity contribution in [2.45, 2.75) is 82.3 Å². The Labute approximate surface area is 238 Å². The minimum Gasteiger partial charge on any atom is -0.393 e. The lowest BCUT2D eigenvalue weighted by Gasteiger charge is -2.57. The largest absolute Gasteiger partial charge is 0.393 e. The van der Waals surface area contributed by atoms with E-state index < -0.39 is 0 Å². The van der Waals surface area contributed by atoms with Crippen molar-refractivity contribution >= 4 is 33.5 Å². The summed E-state index contributed by atoms with van der Waals surface area (Å²) in [5.74, 6) is 2.04. The van der Waals surface area contributed by atoms with Crippen molar-refractivity contribution in [2.75, 3.05) is 5.75 Å². The molecule has 4 aliphatic carbocycles. The maximum absolute atomic E-state index is 12.9. The number of rotatable bonds is 4. The van der Waals surface area contributed by atoms with E-state index in [-0.39, 0.29) is 28.5 Å². The second-order valence-electron chi connectivity index (χ2n) is 12.4. The van der Waals surface area contributed by atoms with Gasteiger partial charge in [0.2, 0.25) is 0 Å². The fourth-order valence-electron chi connectivity index (χ4n) is 8.64. The van der Waals surface area contributed by atoms with Crippen LogP contribution < -0.4 is 0 Å². The molecule has 6 rings (SSSR count). The number of aromatic nitrogens is 1. The Hall–Kier alpha value is -1.94. The summed E-state index contributed by atoms with van der Waals surface area (Å²) in [5.41, 5.74) is 6.59. The number of allylic oxidation sites excluding steroid dienone is 1. The maximum atomic E-state index is 12.9. The van der Waals surface area contributed by atoms with E-state index in [9.17, 15) is 15.2 Å². The van der Waals surface area contributed by atoms with Gasteiger partial charge in [-0.3, -0.25) is 4.79 Å². The number of hydrogen-bond donors (Lipinski definition) is 1. The molecule has 1 heterocycles. The van der Waals surface area contributed by atoms with Gasteiger partial charge in [0.05, 0.1) is 17.4 Å². The monoisotopic (exact) mass is 590 g/mol. The molecule has 0 saturated heterocycles. The van der Waals surface area contributed by atoms with Gasteiger partial charge in [0, 0.05) is 15.7 Å². The zero-order valence-electron chi connectivity index (χ0n) is 22.4. The van der Waals surface area contributed by atoms with Crippen LogP contribution in [0.2, 0.25) is 0 Å². The summed E-state index contributed by atoms with van der Waals surface area (Å²) in [6.45, 7) is 6.98. The minimum absolute atomic E-state index is 0.0332. The van der Waals surface area contributed by atoms with Gasteiger partial charge in [0.1, 0.15) is 11.1 Å². The molecule has 2 aromatic rings. The lowest BCUT2D eigenvalue weighted by Crippen LogP contribution is -2.51. The number of aliphatic hydroxyl groups is 1. The SMILES string of the molecule is Cc1nc(SCC(=O)c2ccc(Br)cc2)c(C#N)c2c1[C@]1(C)CC[C@@H]3[C@H](CC=C4C[C@H](O)CC[C@]43C)[C@@H]1C2. The van der Waals surface area contributed by atoms with Gasteiger partial charge in [-0.05, 0) is 104 Å². The normalized spacial score (nSPS) is 33.3. The average molecular weight is 592 g/mol. The smallest absolute Gasteiger partial charge is 0.173 e. The fraction of sp³-hybridized carbons (Fsp3) is 0.531. The number of ketones is 1.